The second kappa shape index (κ2) is 11.0. The quantitative estimate of drug-likeness (QED) is 0.551. The highest BCUT2D eigenvalue weighted by Gasteiger charge is 2.30. The van der Waals surface area contributed by atoms with Gasteiger partial charge in [-0.05, 0) is 74.8 Å². The first-order valence-electron chi connectivity index (χ1n) is 11.9. The van der Waals surface area contributed by atoms with Crippen molar-refractivity contribution in [1.82, 2.24) is 10.2 Å². The van der Waals surface area contributed by atoms with Crippen molar-refractivity contribution in [2.75, 3.05) is 57.1 Å². The number of piperidine rings is 1. The average Bonchev–Trinajstić information content (AvgIpc) is 2.84. The molecule has 0 saturated carbocycles. The normalized spacial score (nSPS) is 18.6. The van der Waals surface area contributed by atoms with E-state index >= 15 is 0 Å². The number of fused-ring (bicyclic) bond motifs is 1. The summed E-state index contributed by atoms with van der Waals surface area (Å²) in [6.07, 6.45) is 3.20. The molecule has 0 bridgehead atoms. The van der Waals surface area contributed by atoms with Gasteiger partial charge in [-0.3, -0.25) is 4.79 Å². The highest BCUT2D eigenvalue weighted by Crippen LogP contribution is 2.33. The lowest BCUT2D eigenvalue weighted by atomic mass is 9.91. The minimum absolute atomic E-state index is 0.144. The van der Waals surface area contributed by atoms with Gasteiger partial charge in [0.1, 0.15) is 6.04 Å². The molecular formula is C26H34N4O4. The Kier molecular flexibility index (Phi) is 7.82. The summed E-state index contributed by atoms with van der Waals surface area (Å²) in [6.45, 7) is 4.32. The number of anilines is 2. The summed E-state index contributed by atoms with van der Waals surface area (Å²) in [5, 5.41) is 15.3. The fraction of sp³-hybridized carbons (Fsp3) is 0.462. The molecule has 8 nitrogen and oxygen atoms in total. The summed E-state index contributed by atoms with van der Waals surface area (Å²) >= 11 is 0. The van der Waals surface area contributed by atoms with Gasteiger partial charge >= 0.3 is 5.97 Å². The van der Waals surface area contributed by atoms with Crippen LogP contribution in [0.15, 0.2) is 42.5 Å². The van der Waals surface area contributed by atoms with E-state index in [1.807, 2.05) is 12.1 Å². The number of carbonyl (C=O) groups is 2. The first kappa shape index (κ1) is 24.2. The Hall–Kier alpha value is -2.94. The molecule has 1 unspecified atom stereocenters. The zero-order valence-corrected chi connectivity index (χ0v) is 19.9. The van der Waals surface area contributed by atoms with Crippen LogP contribution in [0.5, 0.6) is 0 Å². The molecule has 1 amide bonds. The van der Waals surface area contributed by atoms with Gasteiger partial charge in [-0.25, -0.2) is 4.79 Å². The first-order chi connectivity index (χ1) is 16.4. The lowest BCUT2D eigenvalue weighted by Crippen LogP contribution is -2.41. The van der Waals surface area contributed by atoms with Gasteiger partial charge in [0.05, 0.1) is 18.3 Å². The fourth-order valence-electron chi connectivity index (χ4n) is 4.69. The van der Waals surface area contributed by atoms with E-state index in [1.165, 1.54) is 23.4 Å². The standard InChI is InChI=1S/C26H34N4O4/c1-29(2)16-17-34-20-11-14-30(15-12-20)23-5-3-4-22-21(23)10-13-27-24(22)25(31)28-19-8-6-18(7-9-19)26(32)33/h3-9,20,24,27H,10-17H2,1-2H3,(H,28,31)(H,32,33). The number of nitrogens with one attached hydrogen (secondary N) is 2. The van der Waals surface area contributed by atoms with Crippen molar-refractivity contribution in [3.8, 4) is 0 Å². The lowest BCUT2D eigenvalue weighted by Gasteiger charge is -2.37. The Morgan fingerprint density at radius 1 is 1.15 bits per heavy atom. The molecule has 0 radical (unpaired) electrons. The Morgan fingerprint density at radius 3 is 2.56 bits per heavy atom. The predicted molar refractivity (Wildman–Crippen MR) is 133 cm³/mol. The Labute approximate surface area is 200 Å². The van der Waals surface area contributed by atoms with Crippen LogP contribution in [-0.2, 0) is 16.0 Å². The highest BCUT2D eigenvalue weighted by atomic mass is 16.5. The molecule has 0 aromatic heterocycles. The van der Waals surface area contributed by atoms with Gasteiger partial charge in [0.15, 0.2) is 0 Å². The molecule has 1 saturated heterocycles. The third-order valence-corrected chi connectivity index (χ3v) is 6.56. The number of carboxylic acids is 1. The highest BCUT2D eigenvalue weighted by molar-refractivity contribution is 5.97. The molecule has 34 heavy (non-hydrogen) atoms. The minimum Gasteiger partial charge on any atom is -0.478 e. The summed E-state index contributed by atoms with van der Waals surface area (Å²) < 4.78 is 6.05. The molecule has 2 aromatic rings. The second-order valence-corrected chi connectivity index (χ2v) is 9.21. The van der Waals surface area contributed by atoms with Gasteiger partial charge in [0.2, 0.25) is 5.91 Å². The van der Waals surface area contributed by atoms with Crippen molar-refractivity contribution in [3.63, 3.8) is 0 Å². The number of carboxylic acid groups (broad SMARTS) is 1. The number of ether oxygens (including phenoxy) is 1. The Morgan fingerprint density at radius 2 is 1.88 bits per heavy atom. The van der Waals surface area contributed by atoms with Gasteiger partial charge in [-0.2, -0.15) is 0 Å². The monoisotopic (exact) mass is 466 g/mol. The molecule has 182 valence electrons. The fourth-order valence-corrected chi connectivity index (χ4v) is 4.69. The van der Waals surface area contributed by atoms with E-state index in [0.29, 0.717) is 11.8 Å². The molecule has 0 spiro atoms. The molecule has 2 aliphatic heterocycles. The zero-order chi connectivity index (χ0) is 24.1. The number of nitrogens with zero attached hydrogens (tertiary/aromatic N) is 2. The second-order valence-electron chi connectivity index (χ2n) is 9.21. The summed E-state index contributed by atoms with van der Waals surface area (Å²) in [4.78, 5) is 28.7. The van der Waals surface area contributed by atoms with Crippen molar-refractivity contribution < 1.29 is 19.4 Å². The van der Waals surface area contributed by atoms with E-state index in [1.54, 1.807) is 12.1 Å². The number of hydrogen-bond acceptors (Lipinski definition) is 6. The molecule has 1 atom stereocenters. The molecule has 3 N–H and O–H groups in total. The van der Waals surface area contributed by atoms with E-state index in [9.17, 15) is 9.59 Å². The maximum Gasteiger partial charge on any atom is 0.335 e. The molecule has 2 aliphatic rings. The van der Waals surface area contributed by atoms with E-state index in [0.717, 1.165) is 57.6 Å². The number of amides is 1. The molecule has 0 aliphatic carbocycles. The van der Waals surface area contributed by atoms with E-state index in [-0.39, 0.29) is 11.5 Å². The zero-order valence-electron chi connectivity index (χ0n) is 19.9. The van der Waals surface area contributed by atoms with Crippen LogP contribution in [0.25, 0.3) is 0 Å². The van der Waals surface area contributed by atoms with Crippen molar-refractivity contribution in [3.05, 3.63) is 59.2 Å². The van der Waals surface area contributed by atoms with Crippen LogP contribution in [0.1, 0.15) is 40.4 Å². The number of hydrogen-bond donors (Lipinski definition) is 3. The van der Waals surface area contributed by atoms with Crippen LogP contribution >= 0.6 is 0 Å². The average molecular weight is 467 g/mol. The van der Waals surface area contributed by atoms with Crippen molar-refractivity contribution >= 4 is 23.3 Å². The van der Waals surface area contributed by atoms with Crippen molar-refractivity contribution in [2.45, 2.75) is 31.4 Å². The Bertz CT molecular complexity index is 1000. The van der Waals surface area contributed by atoms with Gasteiger partial charge in [0.25, 0.3) is 0 Å². The number of aromatic carboxylic acids is 1. The van der Waals surface area contributed by atoms with Crippen LogP contribution in [0.4, 0.5) is 11.4 Å². The SMILES string of the molecule is CN(C)CCOC1CCN(c2cccc3c2CCNC3C(=O)Nc2ccc(C(=O)O)cc2)CC1. The first-order valence-corrected chi connectivity index (χ1v) is 11.9. The van der Waals surface area contributed by atoms with Gasteiger partial charge in [-0.1, -0.05) is 12.1 Å². The van der Waals surface area contributed by atoms with Crippen molar-refractivity contribution in [1.29, 1.82) is 0 Å². The van der Waals surface area contributed by atoms with Crippen LogP contribution < -0.4 is 15.5 Å². The van der Waals surface area contributed by atoms with Gasteiger partial charge in [-0.15, -0.1) is 0 Å². The molecule has 1 fully saturated rings. The maximum absolute atomic E-state index is 13.1. The molecular weight excluding hydrogens is 432 g/mol. The lowest BCUT2D eigenvalue weighted by molar-refractivity contribution is -0.118. The number of rotatable bonds is 8. The van der Waals surface area contributed by atoms with Crippen LogP contribution in [0.3, 0.4) is 0 Å². The molecule has 4 rings (SSSR count). The van der Waals surface area contributed by atoms with Crippen LogP contribution in [0.2, 0.25) is 0 Å². The maximum atomic E-state index is 13.1. The molecule has 8 heteroatoms. The smallest absolute Gasteiger partial charge is 0.335 e. The number of likely N-dealkylation sites (N-methyl/N-ethyl adjacent to an activating group) is 1. The van der Waals surface area contributed by atoms with Gasteiger partial charge < -0.3 is 30.3 Å². The summed E-state index contributed by atoms with van der Waals surface area (Å²) in [5.74, 6) is -1.13. The largest absolute Gasteiger partial charge is 0.478 e. The molecule has 2 aromatic carbocycles. The van der Waals surface area contributed by atoms with E-state index in [2.05, 4.69) is 40.6 Å². The summed E-state index contributed by atoms with van der Waals surface area (Å²) in [7, 11) is 4.11. The topological polar surface area (TPSA) is 94.1 Å². The third kappa shape index (κ3) is 5.75. The minimum atomic E-state index is -0.988. The Balaban J connectivity index is 1.42. The van der Waals surface area contributed by atoms with Crippen LogP contribution in [-0.4, -0.2) is 74.9 Å². The summed E-state index contributed by atoms with van der Waals surface area (Å²) in [5.41, 5.74) is 4.23. The molecule has 2 heterocycles. The number of carbonyl (C=O) groups excluding carboxylic acids is 1. The van der Waals surface area contributed by atoms with E-state index < -0.39 is 12.0 Å². The van der Waals surface area contributed by atoms with Crippen LogP contribution in [0, 0.1) is 0 Å². The van der Waals surface area contributed by atoms with Crippen molar-refractivity contribution in [2.24, 2.45) is 0 Å². The summed E-state index contributed by atoms with van der Waals surface area (Å²) in [6, 6.07) is 12.0. The van der Waals surface area contributed by atoms with E-state index in [4.69, 9.17) is 9.84 Å². The number of benzene rings is 2. The van der Waals surface area contributed by atoms with Gasteiger partial charge in [0, 0.05) is 37.6 Å². The third-order valence-electron chi connectivity index (χ3n) is 6.56. The predicted octanol–water partition coefficient (Wildman–Crippen LogP) is 2.76.